The maximum Gasteiger partial charge on any atom is 0.387 e. The fraction of sp³-hybridized carbons (Fsp3) is 0.462. The highest BCUT2D eigenvalue weighted by atomic mass is 35.5. The molecule has 0 unspecified atom stereocenters. The third-order valence-electron chi connectivity index (χ3n) is 2.39. The lowest BCUT2D eigenvalue weighted by atomic mass is 10.1. The van der Waals surface area contributed by atoms with E-state index in [2.05, 4.69) is 15.4 Å². The molecule has 0 aromatic heterocycles. The average molecular weight is 309 g/mol. The van der Waals surface area contributed by atoms with E-state index in [0.717, 1.165) is 18.7 Å². The fourth-order valence-electron chi connectivity index (χ4n) is 1.50. The van der Waals surface area contributed by atoms with Crippen LogP contribution in [0, 0.1) is 0 Å². The summed E-state index contributed by atoms with van der Waals surface area (Å²) in [6, 6.07) is 6.05. The largest absolute Gasteiger partial charge is 0.435 e. The summed E-state index contributed by atoms with van der Waals surface area (Å²) < 4.78 is 28.1. The minimum atomic E-state index is -2.83. The first kappa shape index (κ1) is 18.6. The second-order valence-corrected chi connectivity index (χ2v) is 3.90. The van der Waals surface area contributed by atoms with Crippen molar-refractivity contribution in [1.29, 1.82) is 0 Å². The van der Waals surface area contributed by atoms with Crippen molar-refractivity contribution in [2.45, 2.75) is 20.0 Å². The summed E-state index contributed by atoms with van der Waals surface area (Å²) in [5.74, 6) is -0.00765. The van der Waals surface area contributed by atoms with E-state index in [1.807, 2.05) is 6.92 Å². The zero-order valence-electron chi connectivity index (χ0n) is 11.2. The highest BCUT2D eigenvalue weighted by molar-refractivity contribution is 5.85. The second kappa shape index (κ2) is 10.4. The highest BCUT2D eigenvalue weighted by Crippen LogP contribution is 2.15. The summed E-state index contributed by atoms with van der Waals surface area (Å²) in [4.78, 5) is 11.5. The summed E-state index contributed by atoms with van der Waals surface area (Å²) >= 11 is 0. The molecule has 4 nitrogen and oxygen atoms in total. The van der Waals surface area contributed by atoms with Crippen LogP contribution in [0.25, 0.3) is 0 Å². The smallest absolute Gasteiger partial charge is 0.387 e. The Hall–Kier alpha value is -1.40. The van der Waals surface area contributed by atoms with Crippen LogP contribution in [0.1, 0.15) is 12.5 Å². The van der Waals surface area contributed by atoms with Crippen molar-refractivity contribution in [3.63, 3.8) is 0 Å². The van der Waals surface area contributed by atoms with Gasteiger partial charge in [0.05, 0.1) is 6.42 Å². The van der Waals surface area contributed by atoms with Gasteiger partial charge in [0, 0.05) is 13.1 Å². The lowest BCUT2D eigenvalue weighted by Crippen LogP contribution is -2.32. The molecule has 1 rings (SSSR count). The molecule has 20 heavy (non-hydrogen) atoms. The van der Waals surface area contributed by atoms with Crippen molar-refractivity contribution in [3.8, 4) is 5.75 Å². The zero-order chi connectivity index (χ0) is 14.1. The zero-order valence-corrected chi connectivity index (χ0v) is 12.0. The van der Waals surface area contributed by atoms with E-state index in [0.29, 0.717) is 6.54 Å². The maximum atomic E-state index is 11.9. The van der Waals surface area contributed by atoms with Gasteiger partial charge in [0.25, 0.3) is 0 Å². The van der Waals surface area contributed by atoms with E-state index < -0.39 is 6.61 Å². The first-order valence-electron chi connectivity index (χ1n) is 6.13. The number of benzene rings is 1. The van der Waals surface area contributed by atoms with E-state index in [9.17, 15) is 13.6 Å². The lowest BCUT2D eigenvalue weighted by Gasteiger charge is -2.07. The van der Waals surface area contributed by atoms with Gasteiger partial charge in [-0.3, -0.25) is 4.79 Å². The minimum absolute atomic E-state index is 0. The molecule has 0 aliphatic carbocycles. The van der Waals surface area contributed by atoms with Crippen molar-refractivity contribution in [1.82, 2.24) is 10.6 Å². The van der Waals surface area contributed by atoms with Gasteiger partial charge in [0.1, 0.15) is 5.75 Å². The molecule has 0 aliphatic rings. The molecule has 2 N–H and O–H groups in total. The molecule has 0 atom stereocenters. The number of carbonyl (C=O) groups excluding carboxylic acids is 1. The van der Waals surface area contributed by atoms with E-state index >= 15 is 0 Å². The van der Waals surface area contributed by atoms with Crippen LogP contribution in [0.4, 0.5) is 8.78 Å². The molecule has 0 bridgehead atoms. The molecule has 0 heterocycles. The number of likely N-dealkylation sites (N-methyl/N-ethyl adjacent to an activating group) is 1. The number of alkyl halides is 2. The molecule has 0 saturated carbocycles. The molecular weight excluding hydrogens is 290 g/mol. The molecule has 0 aliphatic heterocycles. The SMILES string of the molecule is CCNCCNC(=O)Cc1ccc(OC(F)F)cc1.Cl. The second-order valence-electron chi connectivity index (χ2n) is 3.90. The van der Waals surface area contributed by atoms with Crippen LogP contribution in [0.2, 0.25) is 0 Å². The number of amides is 1. The van der Waals surface area contributed by atoms with Gasteiger partial charge in [0.2, 0.25) is 5.91 Å². The number of rotatable bonds is 8. The molecule has 1 aromatic carbocycles. The van der Waals surface area contributed by atoms with E-state index in [4.69, 9.17) is 0 Å². The highest BCUT2D eigenvalue weighted by Gasteiger charge is 2.05. The lowest BCUT2D eigenvalue weighted by molar-refractivity contribution is -0.120. The van der Waals surface area contributed by atoms with Crippen LogP contribution >= 0.6 is 12.4 Å². The van der Waals surface area contributed by atoms with Crippen LogP contribution in [0.5, 0.6) is 5.75 Å². The predicted octanol–water partition coefficient (Wildman–Crippen LogP) is 1.98. The predicted molar refractivity (Wildman–Crippen MR) is 75.6 cm³/mol. The third-order valence-corrected chi connectivity index (χ3v) is 2.39. The van der Waals surface area contributed by atoms with Crippen LogP contribution in [-0.4, -0.2) is 32.2 Å². The van der Waals surface area contributed by atoms with Gasteiger partial charge >= 0.3 is 6.61 Å². The summed E-state index contributed by atoms with van der Waals surface area (Å²) in [5.41, 5.74) is 0.752. The number of hydrogen-bond donors (Lipinski definition) is 2. The molecule has 1 aromatic rings. The maximum absolute atomic E-state index is 11.9. The molecule has 0 radical (unpaired) electrons. The summed E-state index contributed by atoms with van der Waals surface area (Å²) in [6.45, 7) is 1.31. The third kappa shape index (κ3) is 7.91. The van der Waals surface area contributed by atoms with Crippen LogP contribution < -0.4 is 15.4 Å². The monoisotopic (exact) mass is 308 g/mol. The number of halogens is 3. The minimum Gasteiger partial charge on any atom is -0.435 e. The Kier molecular flexibility index (Phi) is 9.67. The van der Waals surface area contributed by atoms with Gasteiger partial charge in [-0.1, -0.05) is 19.1 Å². The summed E-state index contributed by atoms with van der Waals surface area (Å²) in [5, 5.41) is 5.85. The van der Waals surface area contributed by atoms with Crippen LogP contribution in [0.3, 0.4) is 0 Å². The van der Waals surface area contributed by atoms with Crippen LogP contribution in [0.15, 0.2) is 24.3 Å². The van der Waals surface area contributed by atoms with E-state index in [1.54, 1.807) is 12.1 Å². The Morgan fingerprint density at radius 3 is 2.45 bits per heavy atom. The summed E-state index contributed by atoms with van der Waals surface area (Å²) in [6.07, 6.45) is 0.223. The van der Waals surface area contributed by atoms with Crippen molar-refractivity contribution < 1.29 is 18.3 Å². The van der Waals surface area contributed by atoms with Gasteiger partial charge in [0.15, 0.2) is 0 Å². The molecule has 0 fully saturated rings. The topological polar surface area (TPSA) is 50.4 Å². The Morgan fingerprint density at radius 2 is 1.90 bits per heavy atom. The molecule has 0 saturated heterocycles. The Bertz CT molecular complexity index is 388. The number of carbonyl (C=O) groups is 1. The molecular formula is C13H19ClF2N2O2. The van der Waals surface area contributed by atoms with E-state index in [1.165, 1.54) is 12.1 Å². The molecule has 114 valence electrons. The Labute approximate surface area is 123 Å². The van der Waals surface area contributed by atoms with Gasteiger partial charge in [-0.15, -0.1) is 12.4 Å². The number of hydrogen-bond acceptors (Lipinski definition) is 3. The van der Waals surface area contributed by atoms with Crippen molar-refractivity contribution in [2.24, 2.45) is 0 Å². The van der Waals surface area contributed by atoms with Gasteiger partial charge in [-0.2, -0.15) is 8.78 Å². The number of ether oxygens (including phenoxy) is 1. The summed E-state index contributed by atoms with van der Waals surface area (Å²) in [7, 11) is 0. The molecule has 7 heteroatoms. The van der Waals surface area contributed by atoms with Gasteiger partial charge < -0.3 is 15.4 Å². The van der Waals surface area contributed by atoms with Crippen LogP contribution in [-0.2, 0) is 11.2 Å². The quantitative estimate of drug-likeness (QED) is 0.722. The Balaban J connectivity index is 0.00000361. The van der Waals surface area contributed by atoms with Gasteiger partial charge in [-0.25, -0.2) is 0 Å². The van der Waals surface area contributed by atoms with Crippen molar-refractivity contribution in [2.75, 3.05) is 19.6 Å². The standard InChI is InChI=1S/C13H18F2N2O2.ClH/c1-2-16-7-8-17-12(18)9-10-3-5-11(6-4-10)19-13(14)15;/h3-6,13,16H,2,7-9H2,1H3,(H,17,18);1H. The molecule has 0 spiro atoms. The number of nitrogens with one attached hydrogen (secondary N) is 2. The molecule has 1 amide bonds. The first-order chi connectivity index (χ1) is 9.11. The fourth-order valence-corrected chi connectivity index (χ4v) is 1.50. The first-order valence-corrected chi connectivity index (χ1v) is 6.13. The normalized spacial score (nSPS) is 10.0. The van der Waals surface area contributed by atoms with Gasteiger partial charge in [-0.05, 0) is 24.2 Å². The Morgan fingerprint density at radius 1 is 1.25 bits per heavy atom. The average Bonchev–Trinajstić information content (AvgIpc) is 2.36. The van der Waals surface area contributed by atoms with Crippen molar-refractivity contribution >= 4 is 18.3 Å². The van der Waals surface area contributed by atoms with Crippen molar-refractivity contribution in [3.05, 3.63) is 29.8 Å². The van der Waals surface area contributed by atoms with E-state index in [-0.39, 0.29) is 30.5 Å².